The number of carbonyl (C=O) groups is 1. The lowest BCUT2D eigenvalue weighted by Gasteiger charge is -2.13. The largest absolute Gasteiger partial charge is 0.493 e. The lowest BCUT2D eigenvalue weighted by Crippen LogP contribution is -2.17. The van der Waals surface area contributed by atoms with E-state index in [4.69, 9.17) is 4.74 Å². The number of carbonyl (C=O) groups excluding carboxylic acids is 1. The summed E-state index contributed by atoms with van der Waals surface area (Å²) in [5.74, 6) is 1.68. The Morgan fingerprint density at radius 2 is 2.00 bits per heavy atom. The Hall–Kier alpha value is -3.00. The molecule has 5 rings (SSSR count). The van der Waals surface area contributed by atoms with Gasteiger partial charge in [-0.2, -0.15) is 4.37 Å². The lowest BCUT2D eigenvalue weighted by molar-refractivity contribution is 0.101. The third-order valence-corrected chi connectivity index (χ3v) is 8.46. The van der Waals surface area contributed by atoms with Crippen molar-refractivity contribution in [2.45, 2.75) is 33.3 Å². The van der Waals surface area contributed by atoms with Gasteiger partial charge in [0.2, 0.25) is 5.13 Å². The van der Waals surface area contributed by atoms with E-state index in [9.17, 15) is 4.79 Å². The third-order valence-electron chi connectivity index (χ3n) is 5.69. The van der Waals surface area contributed by atoms with Gasteiger partial charge in [0.1, 0.15) is 28.6 Å². The van der Waals surface area contributed by atoms with E-state index >= 15 is 0 Å². The number of aromatic nitrogens is 6. The Kier molecular flexibility index (Phi) is 8.03. The Labute approximate surface area is 227 Å². The molecule has 4 heterocycles. The summed E-state index contributed by atoms with van der Waals surface area (Å²) in [5, 5.41) is 12.6. The van der Waals surface area contributed by atoms with E-state index in [0.717, 1.165) is 46.8 Å². The number of hydrogen-bond acceptors (Lipinski definition) is 11. The van der Waals surface area contributed by atoms with Gasteiger partial charge in [-0.1, -0.05) is 11.8 Å². The van der Waals surface area contributed by atoms with Gasteiger partial charge in [-0.25, -0.2) is 9.97 Å². The molecule has 10 nitrogen and oxygen atoms in total. The summed E-state index contributed by atoms with van der Waals surface area (Å²) in [5.41, 5.74) is 0.302. The molecule has 13 heteroatoms. The maximum atomic E-state index is 13.2. The van der Waals surface area contributed by atoms with Crippen LogP contribution in [0.2, 0.25) is 0 Å². The van der Waals surface area contributed by atoms with Crippen molar-refractivity contribution in [2.24, 2.45) is 13.0 Å². The molecule has 1 aromatic carbocycles. The van der Waals surface area contributed by atoms with Gasteiger partial charge < -0.3 is 14.2 Å². The van der Waals surface area contributed by atoms with Crippen LogP contribution >= 0.6 is 35.1 Å². The van der Waals surface area contributed by atoms with Gasteiger partial charge >= 0.3 is 0 Å². The van der Waals surface area contributed by atoms with Gasteiger partial charge in [0, 0.05) is 40.8 Å². The number of nitrogens with zero attached hydrogens (tertiary/aromatic N) is 7. The van der Waals surface area contributed by atoms with E-state index in [1.807, 2.05) is 43.4 Å². The maximum Gasteiger partial charge on any atom is 0.277 e. The molecule has 0 unspecified atom stereocenters. The van der Waals surface area contributed by atoms with Crippen molar-refractivity contribution in [1.82, 2.24) is 34.0 Å². The smallest absolute Gasteiger partial charge is 0.277 e. The van der Waals surface area contributed by atoms with Gasteiger partial charge in [-0.15, -0.1) is 10.2 Å². The summed E-state index contributed by atoms with van der Waals surface area (Å²) in [6.07, 6.45) is 2.79. The number of hydrogen-bond donors (Lipinski definition) is 1. The van der Waals surface area contributed by atoms with Crippen molar-refractivity contribution in [3.63, 3.8) is 0 Å². The van der Waals surface area contributed by atoms with Crippen molar-refractivity contribution < 1.29 is 9.53 Å². The zero-order valence-corrected chi connectivity index (χ0v) is 23.1. The summed E-state index contributed by atoms with van der Waals surface area (Å²) in [4.78, 5) is 26.2. The third kappa shape index (κ3) is 6.66. The molecular formula is C24H26N8O2S3. The Balaban J connectivity index is 1.32. The van der Waals surface area contributed by atoms with E-state index in [0.29, 0.717) is 32.8 Å². The minimum Gasteiger partial charge on any atom is -0.493 e. The highest BCUT2D eigenvalue weighted by molar-refractivity contribution is 7.99. The average Bonchev–Trinajstić information content (AvgIpc) is 3.61. The predicted molar refractivity (Wildman–Crippen MR) is 144 cm³/mol. The molecule has 1 N–H and O–H groups in total. The van der Waals surface area contributed by atoms with E-state index in [1.165, 1.54) is 29.9 Å². The first-order valence-electron chi connectivity index (χ1n) is 11.7. The summed E-state index contributed by atoms with van der Waals surface area (Å²) in [6, 6.07) is 11.7. The molecular weight excluding hydrogens is 529 g/mol. The van der Waals surface area contributed by atoms with Crippen molar-refractivity contribution >= 4 is 46.1 Å². The number of ether oxygens (including phenoxy) is 1. The number of amides is 1. The molecule has 1 saturated heterocycles. The first-order chi connectivity index (χ1) is 17.9. The van der Waals surface area contributed by atoms with Crippen LogP contribution in [0.4, 0.5) is 5.13 Å². The number of benzene rings is 1. The highest BCUT2D eigenvalue weighted by Gasteiger charge is 2.21. The standard InChI is InChI=1S/C24H26N8O2S3/c1-15-26-23(37-30-15)28-22(33)21-19(8-9-20(27-21)36-24-29-25-14-32(24)3)35-18-6-4-17(5-7-18)34-13-16-10-11-31(2)12-16/h4-9,14,16H,10-13H2,1-3H3,(H,26,28,30,33)/t16-/m1/s1. The second-order valence-corrected chi connectivity index (χ2v) is 11.6. The van der Waals surface area contributed by atoms with E-state index < -0.39 is 0 Å². The highest BCUT2D eigenvalue weighted by Crippen LogP contribution is 2.34. The first-order valence-corrected chi connectivity index (χ1v) is 14.1. The van der Waals surface area contributed by atoms with Crippen LogP contribution in [0.1, 0.15) is 22.7 Å². The first kappa shape index (κ1) is 25.6. The Bertz CT molecular complexity index is 1370. The van der Waals surface area contributed by atoms with Crippen LogP contribution in [0.25, 0.3) is 0 Å². The number of anilines is 1. The summed E-state index contributed by atoms with van der Waals surface area (Å²) < 4.78 is 11.9. The molecule has 0 radical (unpaired) electrons. The topological polar surface area (TPSA) is 111 Å². The van der Waals surface area contributed by atoms with Gasteiger partial charge in [-0.3, -0.25) is 10.1 Å². The van der Waals surface area contributed by atoms with Gasteiger partial charge in [0.05, 0.1) is 6.61 Å². The van der Waals surface area contributed by atoms with Crippen LogP contribution in [-0.4, -0.2) is 66.7 Å². The SMILES string of the molecule is Cc1nsc(NC(=O)c2nc(Sc3nncn3C)ccc2Sc2ccc(OC[C@@H]3CCN(C)C3)cc2)n1. The minimum atomic E-state index is -0.347. The molecule has 1 fully saturated rings. The fourth-order valence-corrected chi connectivity index (χ4v) is 6.01. The molecule has 3 aromatic heterocycles. The number of aryl methyl sites for hydroxylation is 2. The quantitative estimate of drug-likeness (QED) is 0.322. The highest BCUT2D eigenvalue weighted by atomic mass is 32.2. The molecule has 192 valence electrons. The van der Waals surface area contributed by atoms with Crippen LogP contribution < -0.4 is 10.1 Å². The fourth-order valence-electron chi connectivity index (χ4n) is 3.80. The predicted octanol–water partition coefficient (Wildman–Crippen LogP) is 4.26. The summed E-state index contributed by atoms with van der Waals surface area (Å²) in [6.45, 7) is 4.71. The van der Waals surface area contributed by atoms with Gasteiger partial charge in [0.25, 0.3) is 5.91 Å². The zero-order valence-electron chi connectivity index (χ0n) is 20.6. The zero-order chi connectivity index (χ0) is 25.8. The maximum absolute atomic E-state index is 13.2. The number of pyridine rings is 1. The van der Waals surface area contributed by atoms with Gasteiger partial charge in [0.15, 0.2) is 5.16 Å². The van der Waals surface area contributed by atoms with Crippen LogP contribution in [0.15, 0.2) is 62.7 Å². The van der Waals surface area contributed by atoms with Crippen molar-refractivity contribution in [3.05, 3.63) is 54.2 Å². The van der Waals surface area contributed by atoms with E-state index in [2.05, 4.69) is 41.8 Å². The van der Waals surface area contributed by atoms with Crippen molar-refractivity contribution in [1.29, 1.82) is 0 Å². The second-order valence-electron chi connectivity index (χ2n) is 8.72. The van der Waals surface area contributed by atoms with Crippen LogP contribution in [-0.2, 0) is 7.05 Å². The molecule has 1 aliphatic rings. The molecule has 37 heavy (non-hydrogen) atoms. The van der Waals surface area contributed by atoms with E-state index in [1.54, 1.807) is 17.8 Å². The minimum absolute atomic E-state index is 0.302. The molecule has 1 atom stereocenters. The summed E-state index contributed by atoms with van der Waals surface area (Å²) in [7, 11) is 4.00. The Morgan fingerprint density at radius 1 is 1.16 bits per heavy atom. The lowest BCUT2D eigenvalue weighted by atomic mass is 10.1. The Morgan fingerprint density at radius 3 is 2.68 bits per heavy atom. The van der Waals surface area contributed by atoms with Gasteiger partial charge in [-0.05, 0) is 75.1 Å². The normalized spacial score (nSPS) is 15.7. The van der Waals surface area contributed by atoms with Crippen LogP contribution in [0, 0.1) is 12.8 Å². The number of nitrogens with one attached hydrogen (secondary N) is 1. The van der Waals surface area contributed by atoms with Crippen LogP contribution in [0.3, 0.4) is 0 Å². The van der Waals surface area contributed by atoms with E-state index in [-0.39, 0.29) is 5.91 Å². The molecule has 0 aliphatic carbocycles. The van der Waals surface area contributed by atoms with Crippen molar-refractivity contribution in [3.8, 4) is 5.75 Å². The molecule has 0 saturated carbocycles. The average molecular weight is 555 g/mol. The molecule has 1 aliphatic heterocycles. The fraction of sp³-hybridized carbons (Fsp3) is 0.333. The monoisotopic (exact) mass is 554 g/mol. The molecule has 1 amide bonds. The molecule has 0 spiro atoms. The number of rotatable bonds is 9. The second kappa shape index (κ2) is 11.6. The number of likely N-dealkylation sites (tertiary alicyclic amines) is 1. The molecule has 4 aromatic rings. The summed E-state index contributed by atoms with van der Waals surface area (Å²) >= 11 is 3.95. The van der Waals surface area contributed by atoms with Crippen molar-refractivity contribution in [2.75, 3.05) is 32.1 Å². The molecule has 0 bridgehead atoms. The van der Waals surface area contributed by atoms with Crippen LogP contribution in [0.5, 0.6) is 5.75 Å².